The van der Waals surface area contributed by atoms with Crippen LogP contribution in [0.1, 0.15) is 25.5 Å². The summed E-state index contributed by atoms with van der Waals surface area (Å²) in [6.07, 6.45) is 1.31. The van der Waals surface area contributed by atoms with Crippen LogP contribution in [0.15, 0.2) is 6.33 Å². The molecule has 0 unspecified atom stereocenters. The highest BCUT2D eigenvalue weighted by Gasteiger charge is 2.23. The van der Waals surface area contributed by atoms with Crippen LogP contribution < -0.4 is 5.46 Å². The van der Waals surface area contributed by atoms with E-state index in [9.17, 15) is 0 Å². The van der Waals surface area contributed by atoms with Gasteiger partial charge in [0.05, 0.1) is 0 Å². The fraction of sp³-hybridized carbons (Fsp3) is 0.429. The summed E-state index contributed by atoms with van der Waals surface area (Å²) in [5.41, 5.74) is 0.758. The van der Waals surface area contributed by atoms with Crippen LogP contribution in [0, 0.1) is 0 Å². The van der Waals surface area contributed by atoms with Gasteiger partial charge in [-0.25, -0.2) is 9.97 Å². The molecule has 0 aliphatic rings. The van der Waals surface area contributed by atoms with E-state index < -0.39 is 7.12 Å². The van der Waals surface area contributed by atoms with Crippen LogP contribution in [0.25, 0.3) is 0 Å². The van der Waals surface area contributed by atoms with Gasteiger partial charge >= 0.3 is 7.12 Å². The van der Waals surface area contributed by atoms with Gasteiger partial charge in [0.25, 0.3) is 0 Å². The van der Waals surface area contributed by atoms with Gasteiger partial charge in [0.2, 0.25) is 0 Å². The van der Waals surface area contributed by atoms with Gasteiger partial charge in [0.1, 0.15) is 11.5 Å². The molecule has 0 aliphatic heterocycles. The molecule has 0 saturated carbocycles. The predicted octanol–water partition coefficient (Wildman–Crippen LogP) is -0.0668. The van der Waals surface area contributed by atoms with Crippen molar-refractivity contribution in [2.45, 2.75) is 19.8 Å². The number of nitrogens with zero attached hydrogens (tertiary/aromatic N) is 2. The molecular formula is C7H10BClN2O2. The summed E-state index contributed by atoms with van der Waals surface area (Å²) < 4.78 is 0. The van der Waals surface area contributed by atoms with Crippen molar-refractivity contribution in [2.75, 3.05) is 0 Å². The second-order valence-corrected chi connectivity index (χ2v) is 3.35. The monoisotopic (exact) mass is 200 g/mol. The molecule has 0 atom stereocenters. The SMILES string of the molecule is CC(C)c1ncnc(Cl)c1B(O)O. The van der Waals surface area contributed by atoms with Crippen molar-refractivity contribution < 1.29 is 10.0 Å². The highest BCUT2D eigenvalue weighted by molar-refractivity contribution is 6.62. The lowest BCUT2D eigenvalue weighted by atomic mass is 9.78. The van der Waals surface area contributed by atoms with Gasteiger partial charge in [-0.15, -0.1) is 0 Å². The standard InChI is InChI=1S/C7H10BClN2O2/c1-4(2)6-5(8(12)13)7(9)11-3-10-6/h3-4,12-13H,1-2H3. The molecule has 0 spiro atoms. The second kappa shape index (κ2) is 4.04. The van der Waals surface area contributed by atoms with Crippen molar-refractivity contribution >= 4 is 24.2 Å². The van der Waals surface area contributed by atoms with Gasteiger partial charge in [-0.3, -0.25) is 0 Å². The maximum absolute atomic E-state index is 9.03. The maximum atomic E-state index is 9.03. The van der Waals surface area contributed by atoms with E-state index in [2.05, 4.69) is 9.97 Å². The lowest BCUT2D eigenvalue weighted by Crippen LogP contribution is -2.36. The zero-order chi connectivity index (χ0) is 10.0. The molecule has 1 heterocycles. The zero-order valence-corrected chi connectivity index (χ0v) is 8.15. The number of halogens is 1. The van der Waals surface area contributed by atoms with E-state index in [1.54, 1.807) is 0 Å². The summed E-state index contributed by atoms with van der Waals surface area (Å²) in [6.45, 7) is 3.79. The van der Waals surface area contributed by atoms with Crippen LogP contribution in [0.4, 0.5) is 0 Å². The average Bonchev–Trinajstić information content (AvgIpc) is 2.02. The second-order valence-electron chi connectivity index (χ2n) is 2.99. The fourth-order valence-electron chi connectivity index (χ4n) is 1.09. The van der Waals surface area contributed by atoms with Crippen molar-refractivity contribution in [2.24, 2.45) is 0 Å². The Labute approximate surface area is 81.7 Å². The van der Waals surface area contributed by atoms with Gasteiger partial charge in [-0.2, -0.15) is 0 Å². The predicted molar refractivity (Wildman–Crippen MR) is 51.0 cm³/mol. The third-order valence-electron chi connectivity index (χ3n) is 1.67. The molecule has 0 fully saturated rings. The Morgan fingerprint density at radius 3 is 2.38 bits per heavy atom. The van der Waals surface area contributed by atoms with Crippen molar-refractivity contribution in [3.8, 4) is 0 Å². The van der Waals surface area contributed by atoms with Gasteiger partial charge in [0, 0.05) is 11.2 Å². The maximum Gasteiger partial charge on any atom is 0.493 e. The Morgan fingerprint density at radius 2 is 2.00 bits per heavy atom. The highest BCUT2D eigenvalue weighted by atomic mass is 35.5. The summed E-state index contributed by atoms with van der Waals surface area (Å²) in [5.74, 6) is 0.0808. The molecule has 0 bridgehead atoms. The first-order valence-electron chi connectivity index (χ1n) is 3.90. The zero-order valence-electron chi connectivity index (χ0n) is 7.40. The van der Waals surface area contributed by atoms with Crippen LogP contribution >= 0.6 is 11.6 Å². The van der Waals surface area contributed by atoms with E-state index in [0.29, 0.717) is 5.69 Å². The summed E-state index contributed by atoms with van der Waals surface area (Å²) in [5, 5.41) is 18.1. The van der Waals surface area contributed by atoms with Gasteiger partial charge in [-0.05, 0) is 5.92 Å². The topological polar surface area (TPSA) is 66.2 Å². The first-order chi connectivity index (χ1) is 6.04. The van der Waals surface area contributed by atoms with Crippen molar-refractivity contribution in [1.82, 2.24) is 9.97 Å². The smallest absolute Gasteiger partial charge is 0.423 e. The van der Waals surface area contributed by atoms with Crippen LogP contribution in [-0.4, -0.2) is 27.1 Å². The molecule has 1 aromatic heterocycles. The molecule has 1 rings (SSSR count). The summed E-state index contributed by atoms with van der Waals surface area (Å²) >= 11 is 5.70. The molecule has 0 aliphatic carbocycles. The minimum atomic E-state index is -1.62. The fourth-order valence-corrected chi connectivity index (χ4v) is 1.32. The Balaban J connectivity index is 3.26. The van der Waals surface area contributed by atoms with Gasteiger partial charge < -0.3 is 10.0 Å². The van der Waals surface area contributed by atoms with Gasteiger partial charge in [0.15, 0.2) is 0 Å². The Hall–Kier alpha value is -0.645. The van der Waals surface area contributed by atoms with E-state index in [0.717, 1.165) is 0 Å². The minimum absolute atomic E-state index is 0.0808. The number of hydrogen-bond acceptors (Lipinski definition) is 4. The first-order valence-corrected chi connectivity index (χ1v) is 4.28. The van der Waals surface area contributed by atoms with E-state index in [4.69, 9.17) is 21.6 Å². The third kappa shape index (κ3) is 2.18. The summed E-state index contributed by atoms with van der Waals surface area (Å²) in [4.78, 5) is 7.62. The van der Waals surface area contributed by atoms with E-state index in [1.807, 2.05) is 13.8 Å². The Morgan fingerprint density at radius 1 is 1.38 bits per heavy atom. The average molecular weight is 200 g/mol. The molecule has 4 nitrogen and oxygen atoms in total. The summed E-state index contributed by atoms with van der Waals surface area (Å²) in [7, 11) is -1.62. The van der Waals surface area contributed by atoms with Crippen LogP contribution in [0.3, 0.4) is 0 Å². The van der Waals surface area contributed by atoms with E-state index in [-0.39, 0.29) is 16.5 Å². The summed E-state index contributed by atoms with van der Waals surface area (Å²) in [6, 6.07) is 0. The molecule has 0 amide bonds. The first kappa shape index (κ1) is 10.4. The van der Waals surface area contributed by atoms with E-state index >= 15 is 0 Å². The van der Waals surface area contributed by atoms with Crippen molar-refractivity contribution in [3.05, 3.63) is 17.2 Å². The van der Waals surface area contributed by atoms with Gasteiger partial charge in [-0.1, -0.05) is 25.4 Å². The Bertz CT molecular complexity index is 307. The van der Waals surface area contributed by atoms with E-state index in [1.165, 1.54) is 6.33 Å². The molecule has 0 saturated heterocycles. The molecule has 70 valence electrons. The molecule has 2 N–H and O–H groups in total. The highest BCUT2D eigenvalue weighted by Crippen LogP contribution is 2.11. The van der Waals surface area contributed by atoms with Crippen LogP contribution in [-0.2, 0) is 0 Å². The molecule has 0 aromatic carbocycles. The van der Waals surface area contributed by atoms with Crippen LogP contribution in [0.5, 0.6) is 0 Å². The molecule has 0 radical (unpaired) electrons. The largest absolute Gasteiger partial charge is 0.493 e. The Kier molecular flexibility index (Phi) is 3.25. The molecule has 6 heteroatoms. The quantitative estimate of drug-likeness (QED) is 0.518. The lowest BCUT2D eigenvalue weighted by Gasteiger charge is -2.10. The number of hydrogen-bond donors (Lipinski definition) is 2. The third-order valence-corrected chi connectivity index (χ3v) is 1.97. The minimum Gasteiger partial charge on any atom is -0.423 e. The normalized spacial score (nSPS) is 10.6. The van der Waals surface area contributed by atoms with Crippen molar-refractivity contribution in [1.29, 1.82) is 0 Å². The number of aromatic nitrogens is 2. The number of rotatable bonds is 2. The lowest BCUT2D eigenvalue weighted by molar-refractivity contribution is 0.424. The van der Waals surface area contributed by atoms with Crippen molar-refractivity contribution in [3.63, 3.8) is 0 Å². The molecule has 13 heavy (non-hydrogen) atoms. The van der Waals surface area contributed by atoms with Crippen LogP contribution in [0.2, 0.25) is 5.15 Å². The molecule has 1 aromatic rings. The molecular weight excluding hydrogens is 190 g/mol.